The molecule has 3 rings (SSSR count). The SMILES string of the molecule is OSc1ccc2c(c1)-c1cc(SO)ccc1C2. The van der Waals surface area contributed by atoms with Crippen molar-refractivity contribution in [3.8, 4) is 11.1 Å². The van der Waals surface area contributed by atoms with Gasteiger partial charge in [0, 0.05) is 33.9 Å². The molecule has 2 aromatic rings. The van der Waals surface area contributed by atoms with Crippen LogP contribution in [0.1, 0.15) is 11.1 Å². The molecule has 2 nitrogen and oxygen atoms in total. The van der Waals surface area contributed by atoms with Gasteiger partial charge in [0.05, 0.1) is 0 Å². The molecule has 0 bridgehead atoms. The summed E-state index contributed by atoms with van der Waals surface area (Å²) in [5, 5.41) is 0. The summed E-state index contributed by atoms with van der Waals surface area (Å²) in [7, 11) is 0. The van der Waals surface area contributed by atoms with E-state index in [0.717, 1.165) is 51.4 Å². The first kappa shape index (κ1) is 11.2. The molecule has 0 spiro atoms. The van der Waals surface area contributed by atoms with Crippen molar-refractivity contribution in [3.63, 3.8) is 0 Å². The first-order chi connectivity index (χ1) is 8.31. The molecule has 0 radical (unpaired) electrons. The van der Waals surface area contributed by atoms with E-state index in [1.54, 1.807) is 0 Å². The van der Waals surface area contributed by atoms with Gasteiger partial charge in [-0.2, -0.15) is 0 Å². The first-order valence-corrected chi connectivity index (χ1v) is 6.75. The van der Waals surface area contributed by atoms with E-state index >= 15 is 0 Å². The van der Waals surface area contributed by atoms with E-state index in [4.69, 9.17) is 9.11 Å². The Morgan fingerprint density at radius 1 is 0.765 bits per heavy atom. The van der Waals surface area contributed by atoms with Gasteiger partial charge in [-0.15, -0.1) is 0 Å². The minimum absolute atomic E-state index is 0.765. The van der Waals surface area contributed by atoms with Gasteiger partial charge in [0.15, 0.2) is 0 Å². The van der Waals surface area contributed by atoms with Crippen LogP contribution in [0.4, 0.5) is 0 Å². The van der Waals surface area contributed by atoms with Crippen molar-refractivity contribution >= 4 is 24.1 Å². The molecule has 2 aromatic carbocycles. The van der Waals surface area contributed by atoms with Gasteiger partial charge in [0.25, 0.3) is 0 Å². The lowest BCUT2D eigenvalue weighted by Crippen LogP contribution is -1.80. The van der Waals surface area contributed by atoms with E-state index in [2.05, 4.69) is 12.1 Å². The molecule has 0 aliphatic heterocycles. The molecular weight excluding hydrogens is 252 g/mol. The molecule has 1 aliphatic carbocycles. The predicted octanol–water partition coefficient (Wildman–Crippen LogP) is 4.39. The van der Waals surface area contributed by atoms with E-state index in [-0.39, 0.29) is 0 Å². The van der Waals surface area contributed by atoms with Crippen molar-refractivity contribution in [1.82, 2.24) is 0 Å². The van der Waals surface area contributed by atoms with E-state index in [1.165, 1.54) is 11.1 Å². The zero-order chi connectivity index (χ0) is 11.8. The molecule has 0 fully saturated rings. The van der Waals surface area contributed by atoms with Gasteiger partial charge in [0.2, 0.25) is 0 Å². The molecule has 1 aliphatic rings. The van der Waals surface area contributed by atoms with Gasteiger partial charge < -0.3 is 9.11 Å². The van der Waals surface area contributed by atoms with Crippen LogP contribution in [0.25, 0.3) is 11.1 Å². The lowest BCUT2D eigenvalue weighted by atomic mass is 10.1. The number of hydrogen-bond donors (Lipinski definition) is 2. The van der Waals surface area contributed by atoms with E-state index in [0.29, 0.717) is 0 Å². The van der Waals surface area contributed by atoms with Gasteiger partial charge in [0.1, 0.15) is 0 Å². The maximum atomic E-state index is 9.09. The van der Waals surface area contributed by atoms with Gasteiger partial charge in [-0.1, -0.05) is 12.1 Å². The lowest BCUT2D eigenvalue weighted by molar-refractivity contribution is 0.663. The fraction of sp³-hybridized carbons (Fsp3) is 0.0769. The zero-order valence-electron chi connectivity index (χ0n) is 8.88. The summed E-state index contributed by atoms with van der Waals surface area (Å²) in [5.74, 6) is 0. The molecule has 4 heteroatoms. The third-order valence-electron chi connectivity index (χ3n) is 3.04. The highest BCUT2D eigenvalue weighted by Crippen LogP contribution is 2.39. The Kier molecular flexibility index (Phi) is 2.88. The van der Waals surface area contributed by atoms with E-state index in [9.17, 15) is 0 Å². The van der Waals surface area contributed by atoms with Crippen LogP contribution < -0.4 is 0 Å². The Morgan fingerprint density at radius 3 is 1.65 bits per heavy atom. The zero-order valence-corrected chi connectivity index (χ0v) is 10.5. The van der Waals surface area contributed by atoms with Crippen LogP contribution in [0.2, 0.25) is 0 Å². The second-order valence-electron chi connectivity index (χ2n) is 4.00. The average Bonchev–Trinajstić information content (AvgIpc) is 2.75. The number of hydrogen-bond acceptors (Lipinski definition) is 4. The second-order valence-corrected chi connectivity index (χ2v) is 5.31. The van der Waals surface area contributed by atoms with E-state index < -0.39 is 0 Å². The minimum atomic E-state index is 0.765. The van der Waals surface area contributed by atoms with Crippen LogP contribution in [-0.2, 0) is 6.42 Å². The fourth-order valence-electron chi connectivity index (χ4n) is 2.24. The summed E-state index contributed by atoms with van der Waals surface area (Å²) < 4.78 is 18.2. The Labute approximate surface area is 108 Å². The summed E-state index contributed by atoms with van der Waals surface area (Å²) in [6, 6.07) is 12.0. The second kappa shape index (κ2) is 4.38. The Bertz CT molecular complexity index is 530. The number of rotatable bonds is 2. The molecule has 0 aromatic heterocycles. The molecule has 0 saturated carbocycles. The van der Waals surface area contributed by atoms with E-state index in [1.807, 2.05) is 24.3 Å². The standard InChI is InChI=1S/C13H10O2S2/c14-16-10-3-1-8-5-9-2-4-11(17-15)7-13(9)12(8)6-10/h1-4,6-7,14-15H,5H2. The van der Waals surface area contributed by atoms with Crippen LogP contribution in [0.5, 0.6) is 0 Å². The smallest absolute Gasteiger partial charge is 0.0357 e. The van der Waals surface area contributed by atoms with Crippen LogP contribution in [0, 0.1) is 0 Å². The van der Waals surface area contributed by atoms with Crippen molar-refractivity contribution in [2.24, 2.45) is 0 Å². The molecule has 17 heavy (non-hydrogen) atoms. The molecule has 0 unspecified atom stereocenters. The van der Waals surface area contributed by atoms with Gasteiger partial charge >= 0.3 is 0 Å². The Morgan fingerprint density at radius 2 is 1.24 bits per heavy atom. The van der Waals surface area contributed by atoms with Crippen molar-refractivity contribution in [1.29, 1.82) is 0 Å². The predicted molar refractivity (Wildman–Crippen MR) is 71.7 cm³/mol. The third-order valence-corrected chi connectivity index (χ3v) is 3.97. The normalized spacial score (nSPS) is 12.4. The highest BCUT2D eigenvalue weighted by molar-refractivity contribution is 7.94. The summed E-state index contributed by atoms with van der Waals surface area (Å²) in [5.41, 5.74) is 4.88. The summed E-state index contributed by atoms with van der Waals surface area (Å²) in [6.45, 7) is 0. The van der Waals surface area contributed by atoms with Crippen LogP contribution in [-0.4, -0.2) is 9.11 Å². The molecular formula is C13H10O2S2. The van der Waals surface area contributed by atoms with Crippen LogP contribution in [0.15, 0.2) is 46.2 Å². The van der Waals surface area contributed by atoms with Crippen molar-refractivity contribution < 1.29 is 9.11 Å². The number of benzene rings is 2. The fourth-order valence-corrected chi connectivity index (χ4v) is 2.84. The quantitative estimate of drug-likeness (QED) is 0.672. The maximum Gasteiger partial charge on any atom is 0.0357 e. The topological polar surface area (TPSA) is 40.5 Å². The third kappa shape index (κ3) is 1.87. The van der Waals surface area contributed by atoms with Crippen LogP contribution in [0.3, 0.4) is 0 Å². The van der Waals surface area contributed by atoms with Crippen molar-refractivity contribution in [2.75, 3.05) is 0 Å². The monoisotopic (exact) mass is 262 g/mol. The summed E-state index contributed by atoms with van der Waals surface area (Å²) in [6.07, 6.45) is 0.928. The Hall–Kier alpha value is -0.940. The minimum Gasteiger partial charge on any atom is -0.325 e. The van der Waals surface area contributed by atoms with Gasteiger partial charge in [-0.05, 0) is 52.9 Å². The molecule has 0 atom stereocenters. The van der Waals surface area contributed by atoms with Gasteiger partial charge in [-0.25, -0.2) is 0 Å². The maximum absolute atomic E-state index is 9.09. The highest BCUT2D eigenvalue weighted by atomic mass is 32.2. The highest BCUT2D eigenvalue weighted by Gasteiger charge is 2.19. The molecule has 0 saturated heterocycles. The summed E-state index contributed by atoms with van der Waals surface area (Å²) >= 11 is 1.53. The molecule has 0 heterocycles. The summed E-state index contributed by atoms with van der Waals surface area (Å²) in [4.78, 5) is 1.69. The average molecular weight is 262 g/mol. The lowest BCUT2D eigenvalue weighted by Gasteiger charge is -2.04. The van der Waals surface area contributed by atoms with Gasteiger partial charge in [-0.3, -0.25) is 0 Å². The van der Waals surface area contributed by atoms with Crippen molar-refractivity contribution in [3.05, 3.63) is 47.5 Å². The Balaban J connectivity index is 2.17. The van der Waals surface area contributed by atoms with Crippen LogP contribution >= 0.6 is 24.1 Å². The largest absolute Gasteiger partial charge is 0.325 e. The molecule has 0 amide bonds. The molecule has 86 valence electrons. The van der Waals surface area contributed by atoms with Crippen molar-refractivity contribution in [2.45, 2.75) is 16.2 Å². The number of fused-ring (bicyclic) bond motifs is 3. The first-order valence-electron chi connectivity index (χ1n) is 5.21. The molecule has 2 N–H and O–H groups in total.